The molecule has 0 aliphatic carbocycles. The maximum absolute atomic E-state index is 13.4. The molecule has 2 aliphatic rings. The van der Waals surface area contributed by atoms with Crippen LogP contribution in [-0.4, -0.2) is 71.5 Å². The van der Waals surface area contributed by atoms with E-state index in [0.29, 0.717) is 28.1 Å². The summed E-state index contributed by atoms with van der Waals surface area (Å²) in [5.74, 6) is -1.13. The van der Waals surface area contributed by atoms with Gasteiger partial charge in [0.25, 0.3) is 5.91 Å². The van der Waals surface area contributed by atoms with Crippen LogP contribution >= 0.6 is 0 Å². The summed E-state index contributed by atoms with van der Waals surface area (Å²) in [6.07, 6.45) is 4.87. The quantitative estimate of drug-likeness (QED) is 0.260. The summed E-state index contributed by atoms with van der Waals surface area (Å²) in [5, 5.41) is 5.68. The number of piperazine rings is 1. The number of anilines is 3. The number of aromatic nitrogens is 2. The summed E-state index contributed by atoms with van der Waals surface area (Å²) in [7, 11) is 3.87. The number of ketones is 1. The van der Waals surface area contributed by atoms with E-state index in [1.165, 1.54) is 0 Å². The van der Waals surface area contributed by atoms with Gasteiger partial charge in [-0.1, -0.05) is 12.1 Å². The molecule has 10 nitrogen and oxygen atoms in total. The molecule has 1 unspecified atom stereocenters. The largest absolute Gasteiger partial charge is 0.369 e. The van der Waals surface area contributed by atoms with Gasteiger partial charge in [0.1, 0.15) is 5.92 Å². The maximum atomic E-state index is 13.4. The first-order valence-corrected chi connectivity index (χ1v) is 13.8. The average Bonchev–Trinajstić information content (AvgIpc) is 3.58. The number of likely N-dealkylation sites (N-methyl/N-ethyl adjacent to an activating group) is 1. The standard InChI is InChI=1S/C32H31N7O3/c1-37-14-16-39(17-15-37)25-9-7-23(8-10-25)34-20-27-26-19-22(6-11-28(26)36-31(27)41)29(40)21-4-3-5-24(18-21)35-32(42)30-33-12-13-38(30)2/h3-13,18-20,27H,14-17H2,1-2H3,(H,35,42)(H,36,41). The predicted octanol–water partition coefficient (Wildman–Crippen LogP) is 4.09. The van der Waals surface area contributed by atoms with Crippen molar-refractivity contribution in [2.75, 3.05) is 48.8 Å². The predicted molar refractivity (Wildman–Crippen MR) is 163 cm³/mol. The van der Waals surface area contributed by atoms with Crippen molar-refractivity contribution in [2.24, 2.45) is 12.0 Å². The minimum atomic E-state index is -0.617. The van der Waals surface area contributed by atoms with Crippen molar-refractivity contribution in [3.05, 3.63) is 102 Å². The first-order valence-electron chi connectivity index (χ1n) is 13.8. The molecule has 1 atom stereocenters. The first-order chi connectivity index (χ1) is 20.4. The van der Waals surface area contributed by atoms with Crippen molar-refractivity contribution in [1.29, 1.82) is 0 Å². The number of aryl methyl sites for hydroxylation is 1. The second kappa shape index (κ2) is 11.4. The van der Waals surface area contributed by atoms with E-state index in [9.17, 15) is 14.4 Å². The van der Waals surface area contributed by atoms with Crippen LogP contribution in [0.1, 0.15) is 38.0 Å². The molecule has 2 aliphatic heterocycles. The van der Waals surface area contributed by atoms with Crippen LogP contribution in [0.2, 0.25) is 0 Å². The number of rotatable bonds is 7. The molecule has 2 N–H and O–H groups in total. The van der Waals surface area contributed by atoms with Gasteiger partial charge in [-0.2, -0.15) is 0 Å². The van der Waals surface area contributed by atoms with Crippen LogP contribution in [0, 0.1) is 0 Å². The second-order valence-electron chi connectivity index (χ2n) is 10.6. The highest BCUT2D eigenvalue weighted by atomic mass is 16.2. The zero-order valence-corrected chi connectivity index (χ0v) is 23.4. The van der Waals surface area contributed by atoms with Crippen molar-refractivity contribution >= 4 is 46.6 Å². The van der Waals surface area contributed by atoms with E-state index in [4.69, 9.17) is 0 Å². The lowest BCUT2D eigenvalue weighted by Gasteiger charge is -2.34. The lowest BCUT2D eigenvalue weighted by atomic mass is 9.96. The van der Waals surface area contributed by atoms with Crippen molar-refractivity contribution in [3.63, 3.8) is 0 Å². The van der Waals surface area contributed by atoms with Gasteiger partial charge in [0, 0.05) is 80.0 Å². The number of nitrogens with zero attached hydrogens (tertiary/aromatic N) is 5. The Morgan fingerprint density at radius 1 is 0.976 bits per heavy atom. The maximum Gasteiger partial charge on any atom is 0.291 e. The van der Waals surface area contributed by atoms with Crippen molar-refractivity contribution in [3.8, 4) is 0 Å². The number of carbonyl (C=O) groups excluding carboxylic acids is 3. The number of benzene rings is 3. The van der Waals surface area contributed by atoms with Gasteiger partial charge >= 0.3 is 0 Å². The van der Waals surface area contributed by atoms with Gasteiger partial charge in [-0.25, -0.2) is 4.98 Å². The Morgan fingerprint density at radius 3 is 2.48 bits per heavy atom. The van der Waals surface area contributed by atoms with E-state index < -0.39 is 5.92 Å². The third-order valence-corrected chi connectivity index (χ3v) is 7.69. The van der Waals surface area contributed by atoms with Crippen LogP contribution in [0.25, 0.3) is 0 Å². The van der Waals surface area contributed by atoms with Crippen LogP contribution in [0.15, 0.2) is 84.1 Å². The summed E-state index contributed by atoms with van der Waals surface area (Å²) in [6.45, 7) is 4.05. The molecule has 1 fully saturated rings. The zero-order valence-electron chi connectivity index (χ0n) is 23.4. The Balaban J connectivity index is 1.17. The fourth-order valence-corrected chi connectivity index (χ4v) is 5.23. The third kappa shape index (κ3) is 5.57. The molecule has 0 bridgehead atoms. The summed E-state index contributed by atoms with van der Waals surface area (Å²) < 4.78 is 1.62. The summed E-state index contributed by atoms with van der Waals surface area (Å²) in [4.78, 5) is 52.2. The van der Waals surface area contributed by atoms with Gasteiger partial charge in [0.2, 0.25) is 5.91 Å². The SMILES string of the molecule is CN1CCN(c2ccc(N=CC3C(=O)Nc4ccc(C(=O)c5cccc(NC(=O)c6nccn6C)c5)cc43)cc2)CC1. The molecule has 10 heteroatoms. The number of hydrogen-bond acceptors (Lipinski definition) is 7. The number of hydrogen-bond donors (Lipinski definition) is 2. The van der Waals surface area contributed by atoms with Gasteiger partial charge in [-0.05, 0) is 67.2 Å². The van der Waals surface area contributed by atoms with Gasteiger partial charge in [0.05, 0.1) is 5.69 Å². The third-order valence-electron chi connectivity index (χ3n) is 7.69. The Morgan fingerprint density at radius 2 is 1.74 bits per heavy atom. The lowest BCUT2D eigenvalue weighted by molar-refractivity contribution is -0.115. The number of imidazole rings is 1. The highest BCUT2D eigenvalue weighted by molar-refractivity contribution is 6.15. The second-order valence-corrected chi connectivity index (χ2v) is 10.6. The van der Waals surface area contributed by atoms with E-state index in [1.54, 1.807) is 72.7 Å². The number of aliphatic imine (C=N–C) groups is 1. The van der Waals surface area contributed by atoms with Gasteiger partial charge in [-0.3, -0.25) is 19.4 Å². The number of nitrogens with one attached hydrogen (secondary N) is 2. The Kier molecular flexibility index (Phi) is 7.37. The van der Waals surface area contributed by atoms with E-state index in [1.807, 2.05) is 12.1 Å². The Labute approximate surface area is 243 Å². The molecule has 6 rings (SSSR count). The smallest absolute Gasteiger partial charge is 0.291 e. The number of carbonyl (C=O) groups is 3. The normalized spacial score (nSPS) is 16.9. The van der Waals surface area contributed by atoms with E-state index >= 15 is 0 Å². The van der Waals surface area contributed by atoms with Crippen molar-refractivity contribution in [2.45, 2.75) is 5.92 Å². The average molecular weight is 562 g/mol. The molecule has 1 aromatic heterocycles. The summed E-state index contributed by atoms with van der Waals surface area (Å²) in [6, 6.07) is 20.0. The molecule has 3 heterocycles. The molecule has 2 amide bonds. The fraction of sp³-hybridized carbons (Fsp3) is 0.219. The molecular formula is C32H31N7O3. The van der Waals surface area contributed by atoms with Crippen LogP contribution in [0.4, 0.5) is 22.7 Å². The fourth-order valence-electron chi connectivity index (χ4n) is 5.23. The molecule has 0 radical (unpaired) electrons. The topological polar surface area (TPSA) is 112 Å². The molecule has 3 aromatic carbocycles. The lowest BCUT2D eigenvalue weighted by Crippen LogP contribution is -2.44. The van der Waals surface area contributed by atoms with E-state index in [0.717, 1.165) is 37.6 Å². The van der Waals surface area contributed by atoms with Crippen LogP contribution in [-0.2, 0) is 11.8 Å². The summed E-state index contributed by atoms with van der Waals surface area (Å²) >= 11 is 0. The highest BCUT2D eigenvalue weighted by Gasteiger charge is 2.30. The molecule has 4 aromatic rings. The van der Waals surface area contributed by atoms with Crippen molar-refractivity contribution < 1.29 is 14.4 Å². The zero-order chi connectivity index (χ0) is 29.2. The van der Waals surface area contributed by atoms with Crippen LogP contribution in [0.3, 0.4) is 0 Å². The van der Waals surface area contributed by atoms with Crippen LogP contribution < -0.4 is 15.5 Å². The highest BCUT2D eigenvalue weighted by Crippen LogP contribution is 2.33. The van der Waals surface area contributed by atoms with Gasteiger partial charge < -0.3 is 25.0 Å². The van der Waals surface area contributed by atoms with Gasteiger partial charge in [0.15, 0.2) is 11.6 Å². The Bertz CT molecular complexity index is 1680. The minimum Gasteiger partial charge on any atom is -0.369 e. The van der Waals surface area contributed by atoms with E-state index in [-0.39, 0.29) is 23.4 Å². The summed E-state index contributed by atoms with van der Waals surface area (Å²) in [5.41, 5.74) is 4.61. The van der Waals surface area contributed by atoms with E-state index in [2.05, 4.69) is 49.6 Å². The Hall–Kier alpha value is -5.09. The molecular weight excluding hydrogens is 530 g/mol. The molecule has 0 spiro atoms. The monoisotopic (exact) mass is 561 g/mol. The molecule has 0 saturated carbocycles. The first kappa shape index (κ1) is 27.1. The minimum absolute atomic E-state index is 0.189. The van der Waals surface area contributed by atoms with Crippen LogP contribution in [0.5, 0.6) is 0 Å². The van der Waals surface area contributed by atoms with Crippen molar-refractivity contribution in [1.82, 2.24) is 14.5 Å². The molecule has 1 saturated heterocycles. The molecule has 42 heavy (non-hydrogen) atoms. The van der Waals surface area contributed by atoms with Gasteiger partial charge in [-0.15, -0.1) is 0 Å². The number of amides is 2. The molecule has 212 valence electrons. The number of fused-ring (bicyclic) bond motifs is 1.